The number of rotatable bonds is 2. The van der Waals surface area contributed by atoms with Crippen LogP contribution in [0.3, 0.4) is 0 Å². The Morgan fingerprint density at radius 2 is 1.55 bits per heavy atom. The summed E-state index contributed by atoms with van der Waals surface area (Å²) in [6.07, 6.45) is 0. The highest BCUT2D eigenvalue weighted by Gasteiger charge is 2.19. The molecule has 0 fully saturated rings. The number of aliphatic carboxylic acids is 1. The second-order valence-electron chi connectivity index (χ2n) is 3.81. The van der Waals surface area contributed by atoms with Gasteiger partial charge in [0, 0.05) is 5.57 Å². The molecule has 0 heterocycles. The first-order chi connectivity index (χ1) is 4.76. The van der Waals surface area contributed by atoms with Crippen LogP contribution in [-0.2, 0) is 4.79 Å². The van der Waals surface area contributed by atoms with Crippen LogP contribution in [0.5, 0.6) is 0 Å². The molecule has 0 saturated carbocycles. The van der Waals surface area contributed by atoms with Gasteiger partial charge in [0.05, 0.1) is 8.07 Å². The zero-order valence-corrected chi connectivity index (χ0v) is 8.86. The Labute approximate surface area is 68.9 Å². The normalized spacial score (nSPS) is 14.3. The number of carboxylic acids is 1. The molecule has 0 unspecified atom stereocenters. The van der Waals surface area contributed by atoms with Crippen molar-refractivity contribution in [3.8, 4) is 0 Å². The summed E-state index contributed by atoms with van der Waals surface area (Å²) < 4.78 is 0. The van der Waals surface area contributed by atoms with Crippen molar-refractivity contribution in [3.05, 3.63) is 10.8 Å². The average molecular weight is 172 g/mol. The fourth-order valence-corrected chi connectivity index (χ4v) is 1.95. The Hall–Kier alpha value is -0.573. The first-order valence-corrected chi connectivity index (χ1v) is 7.18. The molecule has 0 aromatic heterocycles. The van der Waals surface area contributed by atoms with Crippen molar-refractivity contribution in [2.24, 2.45) is 0 Å². The molecule has 0 bridgehead atoms. The summed E-state index contributed by atoms with van der Waals surface area (Å²) in [5.41, 5.74) is 0.518. The highest BCUT2D eigenvalue weighted by molar-refractivity contribution is 6.83. The van der Waals surface area contributed by atoms with Crippen LogP contribution in [0.4, 0.5) is 0 Å². The predicted octanol–water partition coefficient (Wildman–Crippen LogP) is 2.28. The second-order valence-corrected chi connectivity index (χ2v) is 9.06. The predicted molar refractivity (Wildman–Crippen MR) is 49.4 cm³/mol. The molecule has 1 N–H and O–H groups in total. The highest BCUT2D eigenvalue weighted by Crippen LogP contribution is 2.17. The van der Waals surface area contributed by atoms with Gasteiger partial charge in [-0.15, -0.1) is 0 Å². The molecule has 3 heteroatoms. The van der Waals surface area contributed by atoms with Crippen LogP contribution >= 0.6 is 0 Å². The molecular formula is C8H16O2Si. The fraction of sp³-hybridized carbons (Fsp3) is 0.625. The van der Waals surface area contributed by atoms with Gasteiger partial charge in [0.25, 0.3) is 0 Å². The van der Waals surface area contributed by atoms with Crippen molar-refractivity contribution >= 4 is 14.0 Å². The molecule has 0 spiro atoms. The molecule has 0 amide bonds. The van der Waals surface area contributed by atoms with Crippen molar-refractivity contribution in [1.82, 2.24) is 0 Å². The maximum atomic E-state index is 10.6. The molecule has 0 saturated heterocycles. The Morgan fingerprint density at radius 1 is 1.18 bits per heavy atom. The van der Waals surface area contributed by atoms with Gasteiger partial charge in [-0.2, -0.15) is 0 Å². The van der Waals surface area contributed by atoms with Gasteiger partial charge in [-0.05, 0) is 13.8 Å². The van der Waals surface area contributed by atoms with Crippen molar-refractivity contribution < 1.29 is 9.90 Å². The van der Waals surface area contributed by atoms with Crippen LogP contribution in [0.25, 0.3) is 0 Å². The van der Waals surface area contributed by atoms with E-state index in [9.17, 15) is 4.79 Å². The molecule has 2 nitrogen and oxygen atoms in total. The molecular weight excluding hydrogens is 156 g/mol. The standard InChI is InChI=1S/C8H16O2Si/c1-6(8(9)10)7(2)11(3,4)5/h1-5H3,(H,9,10). The van der Waals surface area contributed by atoms with E-state index in [2.05, 4.69) is 19.6 Å². The average Bonchev–Trinajstić information content (AvgIpc) is 1.82. The van der Waals surface area contributed by atoms with E-state index < -0.39 is 14.0 Å². The Balaban J connectivity index is 4.82. The van der Waals surface area contributed by atoms with E-state index in [0.29, 0.717) is 5.57 Å². The first kappa shape index (κ1) is 10.4. The van der Waals surface area contributed by atoms with Crippen LogP contribution in [0, 0.1) is 0 Å². The fourth-order valence-electron chi connectivity index (χ4n) is 0.723. The topological polar surface area (TPSA) is 37.3 Å². The maximum absolute atomic E-state index is 10.6. The van der Waals surface area contributed by atoms with E-state index in [0.717, 1.165) is 5.20 Å². The van der Waals surface area contributed by atoms with E-state index >= 15 is 0 Å². The molecule has 0 aliphatic heterocycles. The highest BCUT2D eigenvalue weighted by atomic mass is 28.3. The Morgan fingerprint density at radius 3 is 1.64 bits per heavy atom. The lowest BCUT2D eigenvalue weighted by Gasteiger charge is -2.18. The van der Waals surface area contributed by atoms with Crippen molar-refractivity contribution in [2.75, 3.05) is 0 Å². The summed E-state index contributed by atoms with van der Waals surface area (Å²) in [5, 5.41) is 9.75. The minimum atomic E-state index is -1.39. The van der Waals surface area contributed by atoms with Crippen LogP contribution in [0.2, 0.25) is 19.6 Å². The van der Waals surface area contributed by atoms with Gasteiger partial charge in [0.2, 0.25) is 0 Å². The smallest absolute Gasteiger partial charge is 0.330 e. The largest absolute Gasteiger partial charge is 0.478 e. The zero-order valence-electron chi connectivity index (χ0n) is 7.86. The summed E-state index contributed by atoms with van der Waals surface area (Å²) in [7, 11) is -1.39. The molecule has 11 heavy (non-hydrogen) atoms. The van der Waals surface area contributed by atoms with E-state index in [-0.39, 0.29) is 0 Å². The van der Waals surface area contributed by atoms with E-state index in [1.165, 1.54) is 0 Å². The minimum absolute atomic E-state index is 0.518. The van der Waals surface area contributed by atoms with E-state index in [4.69, 9.17) is 5.11 Å². The molecule has 0 aromatic carbocycles. The van der Waals surface area contributed by atoms with Crippen LogP contribution < -0.4 is 0 Å². The molecule has 0 rings (SSSR count). The minimum Gasteiger partial charge on any atom is -0.478 e. The lowest BCUT2D eigenvalue weighted by molar-refractivity contribution is -0.132. The third-order valence-corrected chi connectivity index (χ3v) is 4.63. The monoisotopic (exact) mass is 172 g/mol. The number of carboxylic acid groups (broad SMARTS) is 1. The van der Waals surface area contributed by atoms with Crippen molar-refractivity contribution in [3.63, 3.8) is 0 Å². The van der Waals surface area contributed by atoms with Crippen molar-refractivity contribution in [1.29, 1.82) is 0 Å². The summed E-state index contributed by atoms with van der Waals surface area (Å²) in [4.78, 5) is 10.6. The summed E-state index contributed by atoms with van der Waals surface area (Å²) >= 11 is 0. The van der Waals surface area contributed by atoms with Crippen LogP contribution in [-0.4, -0.2) is 19.1 Å². The molecule has 0 aliphatic carbocycles. The van der Waals surface area contributed by atoms with Crippen LogP contribution in [0.1, 0.15) is 13.8 Å². The number of carbonyl (C=O) groups is 1. The number of hydrogen-bond acceptors (Lipinski definition) is 1. The first-order valence-electron chi connectivity index (χ1n) is 3.68. The second kappa shape index (κ2) is 3.22. The molecule has 0 aromatic rings. The van der Waals surface area contributed by atoms with Gasteiger partial charge in [0.1, 0.15) is 0 Å². The number of hydrogen-bond donors (Lipinski definition) is 1. The molecule has 0 aliphatic rings. The lowest BCUT2D eigenvalue weighted by Crippen LogP contribution is -2.24. The molecule has 0 radical (unpaired) electrons. The molecule has 64 valence electrons. The van der Waals surface area contributed by atoms with Gasteiger partial charge < -0.3 is 5.11 Å². The van der Waals surface area contributed by atoms with Gasteiger partial charge in [-0.3, -0.25) is 0 Å². The summed E-state index contributed by atoms with van der Waals surface area (Å²) in [6.45, 7) is 10.0. The van der Waals surface area contributed by atoms with Crippen molar-refractivity contribution in [2.45, 2.75) is 33.5 Å². The van der Waals surface area contributed by atoms with Gasteiger partial charge in [-0.25, -0.2) is 4.79 Å². The summed E-state index contributed by atoms with van der Waals surface area (Å²) in [5.74, 6) is -0.787. The van der Waals surface area contributed by atoms with Gasteiger partial charge >= 0.3 is 5.97 Å². The van der Waals surface area contributed by atoms with Crippen LogP contribution in [0.15, 0.2) is 10.8 Å². The summed E-state index contributed by atoms with van der Waals surface area (Å²) in [6, 6.07) is 0. The maximum Gasteiger partial charge on any atom is 0.330 e. The lowest BCUT2D eigenvalue weighted by atomic mass is 10.3. The van der Waals surface area contributed by atoms with E-state index in [1.807, 2.05) is 6.92 Å². The van der Waals surface area contributed by atoms with E-state index in [1.54, 1.807) is 6.92 Å². The third kappa shape index (κ3) is 2.88. The third-order valence-electron chi connectivity index (χ3n) is 2.01. The van der Waals surface area contributed by atoms with Gasteiger partial charge in [0.15, 0.2) is 0 Å². The zero-order chi connectivity index (χ0) is 9.23. The number of allylic oxidation sites excluding steroid dienone is 1. The Kier molecular flexibility index (Phi) is 3.05. The SMILES string of the molecule is CC(C(=O)O)=C(C)[Si](C)(C)C. The van der Waals surface area contributed by atoms with Gasteiger partial charge in [-0.1, -0.05) is 24.8 Å². The Bertz CT molecular complexity index is 199. The molecule has 0 atom stereocenters. The quantitative estimate of drug-likeness (QED) is 0.512.